The van der Waals surface area contributed by atoms with Crippen LogP contribution in [0.1, 0.15) is 69.8 Å². The highest BCUT2D eigenvalue weighted by Gasteiger charge is 2.42. The van der Waals surface area contributed by atoms with Crippen molar-refractivity contribution in [1.29, 1.82) is 0 Å². The Bertz CT molecular complexity index is 959. The first-order valence-corrected chi connectivity index (χ1v) is 13.4. The molecule has 1 aromatic rings. The topological polar surface area (TPSA) is 68.4 Å². The molecule has 2 aliphatic carbocycles. The van der Waals surface area contributed by atoms with Crippen molar-refractivity contribution in [3.63, 3.8) is 0 Å². The fourth-order valence-electron chi connectivity index (χ4n) is 6.44. The molecule has 2 fully saturated rings. The number of carbonyl (C=O) groups excluding carboxylic acids is 2. The zero-order valence-electron chi connectivity index (χ0n) is 21.6. The highest BCUT2D eigenvalue weighted by molar-refractivity contribution is 5.97. The van der Waals surface area contributed by atoms with Gasteiger partial charge in [-0.2, -0.15) is 0 Å². The maximum absolute atomic E-state index is 13.5. The molecule has 1 N–H and O–H groups in total. The summed E-state index contributed by atoms with van der Waals surface area (Å²) in [5.41, 5.74) is 1.95. The lowest BCUT2D eigenvalue weighted by Gasteiger charge is -2.38. The average Bonchev–Trinajstić information content (AvgIpc) is 3.58. The summed E-state index contributed by atoms with van der Waals surface area (Å²) in [4.78, 5) is 28.7. The number of Topliss-reactive ketones (excluding diaryl/α,β-unsaturated/α-hetero) is 1. The van der Waals surface area contributed by atoms with Crippen LogP contribution in [0.15, 0.2) is 54.3 Å². The highest BCUT2D eigenvalue weighted by atomic mass is 16.5. The van der Waals surface area contributed by atoms with E-state index in [2.05, 4.69) is 49.2 Å². The van der Waals surface area contributed by atoms with Crippen LogP contribution in [0.25, 0.3) is 0 Å². The van der Waals surface area contributed by atoms with Gasteiger partial charge in [0.1, 0.15) is 0 Å². The monoisotopic (exact) mass is 479 g/mol. The molecule has 2 heterocycles. The Morgan fingerprint density at radius 3 is 2.77 bits per heavy atom. The molecule has 2 unspecified atom stereocenters. The van der Waals surface area contributed by atoms with Gasteiger partial charge in [0.15, 0.2) is 5.78 Å². The zero-order chi connectivity index (χ0) is 24.9. The van der Waals surface area contributed by atoms with Crippen molar-refractivity contribution in [3.05, 3.63) is 60.0 Å². The van der Waals surface area contributed by atoms with Crippen LogP contribution in [0.3, 0.4) is 0 Å². The van der Waals surface area contributed by atoms with Crippen LogP contribution in [0, 0.1) is 35.5 Å². The van der Waals surface area contributed by atoms with Gasteiger partial charge in [0.2, 0.25) is 0 Å². The minimum atomic E-state index is -0.268. The second-order valence-corrected chi connectivity index (χ2v) is 10.6. The van der Waals surface area contributed by atoms with Crippen LogP contribution in [0.4, 0.5) is 0 Å². The summed E-state index contributed by atoms with van der Waals surface area (Å²) >= 11 is 0. The summed E-state index contributed by atoms with van der Waals surface area (Å²) in [6, 6.07) is 3.80. The number of ketones is 1. The minimum absolute atomic E-state index is 0.00651. The number of methoxy groups -OCH3 is 1. The molecule has 1 aliphatic heterocycles. The fourth-order valence-corrected chi connectivity index (χ4v) is 6.44. The molecule has 5 nitrogen and oxygen atoms in total. The number of carbonyl (C=O) groups is 2. The minimum Gasteiger partial charge on any atom is -0.469 e. The lowest BCUT2D eigenvalue weighted by atomic mass is 9.69. The summed E-state index contributed by atoms with van der Waals surface area (Å²) in [5, 5.41) is 0. The largest absolute Gasteiger partial charge is 0.469 e. The molecule has 0 bridgehead atoms. The van der Waals surface area contributed by atoms with E-state index in [1.807, 2.05) is 25.3 Å². The second-order valence-electron chi connectivity index (χ2n) is 10.6. The number of fused-ring (bicyclic) bond motifs is 1. The number of rotatable bonds is 8. The van der Waals surface area contributed by atoms with Crippen LogP contribution < -0.4 is 0 Å². The van der Waals surface area contributed by atoms with E-state index in [9.17, 15) is 9.59 Å². The van der Waals surface area contributed by atoms with Gasteiger partial charge in [-0.15, -0.1) is 0 Å². The van der Waals surface area contributed by atoms with Crippen molar-refractivity contribution < 1.29 is 19.1 Å². The molecule has 0 amide bonds. The molecular weight excluding hydrogens is 438 g/mol. The Balaban J connectivity index is 1.52. The van der Waals surface area contributed by atoms with Crippen LogP contribution in [0.2, 0.25) is 0 Å². The maximum Gasteiger partial charge on any atom is 0.311 e. The summed E-state index contributed by atoms with van der Waals surface area (Å²) < 4.78 is 11.4. The van der Waals surface area contributed by atoms with E-state index >= 15 is 0 Å². The zero-order valence-corrected chi connectivity index (χ0v) is 21.6. The van der Waals surface area contributed by atoms with E-state index in [1.54, 1.807) is 0 Å². The number of allylic oxidation sites excluding steroid dienone is 5. The molecule has 8 atom stereocenters. The number of ether oxygens (including phenoxy) is 2. The molecule has 1 saturated carbocycles. The normalized spacial score (nSPS) is 34.1. The van der Waals surface area contributed by atoms with Gasteiger partial charge >= 0.3 is 5.97 Å². The van der Waals surface area contributed by atoms with E-state index in [0.29, 0.717) is 23.4 Å². The van der Waals surface area contributed by atoms with Crippen LogP contribution in [-0.2, 0) is 14.3 Å². The van der Waals surface area contributed by atoms with E-state index in [1.165, 1.54) is 25.5 Å². The van der Waals surface area contributed by atoms with Crippen molar-refractivity contribution in [2.75, 3.05) is 7.11 Å². The van der Waals surface area contributed by atoms with E-state index in [4.69, 9.17) is 9.47 Å². The van der Waals surface area contributed by atoms with Crippen molar-refractivity contribution in [1.82, 2.24) is 4.98 Å². The first-order chi connectivity index (χ1) is 16.9. The van der Waals surface area contributed by atoms with Crippen LogP contribution >= 0.6 is 0 Å². The number of esters is 1. The number of H-pyrrole nitrogens is 1. The van der Waals surface area contributed by atoms with Crippen molar-refractivity contribution in [2.45, 2.75) is 71.5 Å². The van der Waals surface area contributed by atoms with Gasteiger partial charge in [-0.1, -0.05) is 50.6 Å². The molecule has 0 spiro atoms. The standard InChI is InChI=1S/C30H41NO4/c1-5-21(29-19(2)14-17-26(35-29)20(3)30(33)34-4)9-6-11-23-16-15-22-10-7-12-24(22)27(23)28(32)25-13-8-18-31-25/h6,8-9,11,13,15-16,18-20,22-24,26-27,29,31H,5,7,10,12,14,17H2,1-4H3/b11-6+,21-9+/t19-,20-,22+,23?,24+,26+,27+,29?/m1/s1. The summed E-state index contributed by atoms with van der Waals surface area (Å²) in [6.07, 6.45) is 19.1. The smallest absolute Gasteiger partial charge is 0.311 e. The number of hydrogen-bond donors (Lipinski definition) is 1. The first kappa shape index (κ1) is 25.7. The first-order valence-electron chi connectivity index (χ1n) is 13.4. The predicted molar refractivity (Wildman–Crippen MR) is 138 cm³/mol. The number of aromatic amines is 1. The molecule has 1 aromatic heterocycles. The van der Waals surface area contributed by atoms with Gasteiger partial charge in [0.05, 0.1) is 30.9 Å². The van der Waals surface area contributed by atoms with E-state index in [0.717, 1.165) is 25.7 Å². The maximum atomic E-state index is 13.5. The third-order valence-electron chi connectivity index (χ3n) is 8.54. The number of nitrogens with one attached hydrogen (secondary N) is 1. The Morgan fingerprint density at radius 2 is 2.06 bits per heavy atom. The molecule has 0 radical (unpaired) electrons. The van der Waals surface area contributed by atoms with Crippen molar-refractivity contribution >= 4 is 11.8 Å². The van der Waals surface area contributed by atoms with Crippen molar-refractivity contribution in [3.8, 4) is 0 Å². The van der Waals surface area contributed by atoms with Gasteiger partial charge in [-0.05, 0) is 74.5 Å². The number of aromatic nitrogens is 1. The quantitative estimate of drug-likeness (QED) is 0.206. The molecule has 4 rings (SSSR count). The SMILES string of the molecule is CC/C(=C\C=C\C1C=C[C@@H]2CCC[C@@H]2[C@H]1C(=O)c1ccc[nH]1)C1O[C@H]([C@@H](C)C(=O)OC)CC[C@H]1C. The van der Waals surface area contributed by atoms with E-state index < -0.39 is 0 Å². The average molecular weight is 480 g/mol. The van der Waals surface area contributed by atoms with Gasteiger partial charge in [0.25, 0.3) is 0 Å². The van der Waals surface area contributed by atoms with Crippen LogP contribution in [0.5, 0.6) is 0 Å². The van der Waals surface area contributed by atoms with Gasteiger partial charge in [0, 0.05) is 18.0 Å². The summed E-state index contributed by atoms with van der Waals surface area (Å²) in [5.74, 6) is 1.17. The van der Waals surface area contributed by atoms with Crippen molar-refractivity contribution in [2.24, 2.45) is 35.5 Å². The van der Waals surface area contributed by atoms with Gasteiger partial charge in [-0.25, -0.2) is 0 Å². The third-order valence-corrected chi connectivity index (χ3v) is 8.54. The lowest BCUT2D eigenvalue weighted by Crippen LogP contribution is -2.40. The third kappa shape index (κ3) is 5.55. The molecule has 1 saturated heterocycles. The Kier molecular flexibility index (Phi) is 8.48. The predicted octanol–water partition coefficient (Wildman–Crippen LogP) is 6.30. The number of hydrogen-bond acceptors (Lipinski definition) is 4. The Labute approximate surface area is 210 Å². The highest BCUT2D eigenvalue weighted by Crippen LogP contribution is 2.46. The van der Waals surface area contributed by atoms with Gasteiger partial charge in [-0.3, -0.25) is 9.59 Å². The van der Waals surface area contributed by atoms with Crippen LogP contribution in [-0.4, -0.2) is 36.1 Å². The second kappa shape index (κ2) is 11.6. The Hall–Kier alpha value is -2.40. The van der Waals surface area contributed by atoms with Gasteiger partial charge < -0.3 is 14.5 Å². The molecule has 3 aliphatic rings. The molecule has 5 heteroatoms. The van der Waals surface area contributed by atoms with E-state index in [-0.39, 0.29) is 41.7 Å². The molecular formula is C30H41NO4. The summed E-state index contributed by atoms with van der Waals surface area (Å²) in [7, 11) is 1.44. The molecule has 190 valence electrons. The fraction of sp³-hybridized carbons (Fsp3) is 0.600. The molecule has 35 heavy (non-hydrogen) atoms. The molecule has 0 aromatic carbocycles. The lowest BCUT2D eigenvalue weighted by molar-refractivity contribution is -0.156. The summed E-state index contributed by atoms with van der Waals surface area (Å²) in [6.45, 7) is 6.28. The Morgan fingerprint density at radius 1 is 1.23 bits per heavy atom.